The Morgan fingerprint density at radius 2 is 1.50 bits per heavy atom. The standard InChI is InChI=1S/C19H21NOS/c22-19(20-16-7-3-1-4-8-16)15-11-13-18(14-12-15)21-17-9-5-2-6-10-17/h2,5-6,9-14,16H,1,3-4,7-8H2,(H,20,22). The molecule has 1 saturated carbocycles. The third-order valence-corrected chi connectivity index (χ3v) is 4.39. The SMILES string of the molecule is S=C(NC1CCCCC1)c1ccc(Oc2ccccc2)cc1. The van der Waals surface area contributed by atoms with Gasteiger partial charge in [0.05, 0.1) is 0 Å². The molecule has 1 aliphatic carbocycles. The maximum absolute atomic E-state index is 5.80. The highest BCUT2D eigenvalue weighted by molar-refractivity contribution is 7.80. The van der Waals surface area contributed by atoms with Gasteiger partial charge in [-0.15, -0.1) is 0 Å². The van der Waals surface area contributed by atoms with E-state index in [9.17, 15) is 0 Å². The van der Waals surface area contributed by atoms with Crippen molar-refractivity contribution in [3.8, 4) is 11.5 Å². The maximum atomic E-state index is 5.80. The van der Waals surface area contributed by atoms with E-state index in [2.05, 4.69) is 5.32 Å². The zero-order valence-electron chi connectivity index (χ0n) is 12.6. The molecule has 0 aromatic heterocycles. The lowest BCUT2D eigenvalue weighted by atomic mass is 9.95. The van der Waals surface area contributed by atoms with Crippen LogP contribution in [0.5, 0.6) is 11.5 Å². The molecule has 114 valence electrons. The summed E-state index contributed by atoms with van der Waals surface area (Å²) in [5.41, 5.74) is 1.06. The summed E-state index contributed by atoms with van der Waals surface area (Å²) in [6.07, 6.45) is 6.44. The molecule has 0 atom stereocenters. The minimum Gasteiger partial charge on any atom is -0.457 e. The van der Waals surface area contributed by atoms with Gasteiger partial charge in [0.15, 0.2) is 0 Å². The number of nitrogens with one attached hydrogen (secondary N) is 1. The van der Waals surface area contributed by atoms with Crippen LogP contribution >= 0.6 is 12.2 Å². The van der Waals surface area contributed by atoms with Gasteiger partial charge in [0, 0.05) is 11.6 Å². The highest BCUT2D eigenvalue weighted by atomic mass is 32.1. The minimum absolute atomic E-state index is 0.543. The highest BCUT2D eigenvalue weighted by Gasteiger charge is 2.14. The average Bonchev–Trinajstić information content (AvgIpc) is 2.57. The van der Waals surface area contributed by atoms with Crippen LogP contribution in [0.1, 0.15) is 37.7 Å². The zero-order chi connectivity index (χ0) is 15.2. The van der Waals surface area contributed by atoms with E-state index in [1.54, 1.807) is 0 Å². The fourth-order valence-corrected chi connectivity index (χ4v) is 3.12. The minimum atomic E-state index is 0.543. The lowest BCUT2D eigenvalue weighted by Gasteiger charge is -2.24. The highest BCUT2D eigenvalue weighted by Crippen LogP contribution is 2.22. The molecule has 1 N–H and O–H groups in total. The van der Waals surface area contributed by atoms with Gasteiger partial charge < -0.3 is 10.1 Å². The Morgan fingerprint density at radius 1 is 0.864 bits per heavy atom. The summed E-state index contributed by atoms with van der Waals surface area (Å²) in [6, 6.07) is 18.3. The Balaban J connectivity index is 1.59. The van der Waals surface area contributed by atoms with Gasteiger partial charge in [-0.3, -0.25) is 0 Å². The molecule has 0 amide bonds. The Labute approximate surface area is 137 Å². The van der Waals surface area contributed by atoms with Gasteiger partial charge in [-0.05, 0) is 49.2 Å². The van der Waals surface area contributed by atoms with Crippen LogP contribution in [-0.2, 0) is 0 Å². The van der Waals surface area contributed by atoms with Crippen LogP contribution in [-0.4, -0.2) is 11.0 Å². The van der Waals surface area contributed by atoms with Crippen molar-refractivity contribution in [1.82, 2.24) is 5.32 Å². The lowest BCUT2D eigenvalue weighted by Crippen LogP contribution is -2.35. The molecule has 1 aliphatic rings. The van der Waals surface area contributed by atoms with E-state index in [4.69, 9.17) is 17.0 Å². The molecule has 0 bridgehead atoms. The molecule has 3 heteroatoms. The summed E-state index contributed by atoms with van der Waals surface area (Å²) in [5, 5.41) is 3.49. The summed E-state index contributed by atoms with van der Waals surface area (Å²) in [7, 11) is 0. The zero-order valence-corrected chi connectivity index (χ0v) is 13.4. The topological polar surface area (TPSA) is 21.3 Å². The van der Waals surface area contributed by atoms with E-state index in [1.807, 2.05) is 54.6 Å². The van der Waals surface area contributed by atoms with Gasteiger partial charge in [0.2, 0.25) is 0 Å². The van der Waals surface area contributed by atoms with E-state index >= 15 is 0 Å². The van der Waals surface area contributed by atoms with Crippen molar-refractivity contribution in [2.75, 3.05) is 0 Å². The van der Waals surface area contributed by atoms with Gasteiger partial charge in [-0.25, -0.2) is 0 Å². The number of benzene rings is 2. The molecule has 0 unspecified atom stereocenters. The first kappa shape index (κ1) is 15.0. The molecule has 1 fully saturated rings. The van der Waals surface area contributed by atoms with Crippen molar-refractivity contribution in [2.45, 2.75) is 38.1 Å². The predicted molar refractivity (Wildman–Crippen MR) is 94.7 cm³/mol. The predicted octanol–water partition coefficient (Wildman–Crippen LogP) is 5.08. The van der Waals surface area contributed by atoms with Gasteiger partial charge in [-0.1, -0.05) is 49.7 Å². The molecule has 2 nitrogen and oxygen atoms in total. The summed E-state index contributed by atoms with van der Waals surface area (Å²) in [6.45, 7) is 0. The van der Waals surface area contributed by atoms with Crippen molar-refractivity contribution < 1.29 is 4.74 Å². The number of para-hydroxylation sites is 1. The van der Waals surface area contributed by atoms with Crippen LogP contribution in [0.25, 0.3) is 0 Å². The van der Waals surface area contributed by atoms with Crippen molar-refractivity contribution in [2.24, 2.45) is 0 Å². The quantitative estimate of drug-likeness (QED) is 0.796. The maximum Gasteiger partial charge on any atom is 0.127 e. The molecule has 3 rings (SSSR count). The second kappa shape index (κ2) is 7.41. The van der Waals surface area contributed by atoms with E-state index in [0.717, 1.165) is 22.1 Å². The second-order valence-electron chi connectivity index (χ2n) is 5.75. The Hall–Kier alpha value is -1.87. The molecule has 22 heavy (non-hydrogen) atoms. The van der Waals surface area contributed by atoms with Crippen LogP contribution in [0.2, 0.25) is 0 Å². The van der Waals surface area contributed by atoms with Crippen LogP contribution in [0, 0.1) is 0 Å². The lowest BCUT2D eigenvalue weighted by molar-refractivity contribution is 0.415. The summed E-state index contributed by atoms with van der Waals surface area (Å²) < 4.78 is 5.80. The molecule has 0 heterocycles. The third kappa shape index (κ3) is 4.08. The molecule has 2 aromatic carbocycles. The Morgan fingerprint density at radius 3 is 2.18 bits per heavy atom. The van der Waals surface area contributed by atoms with Crippen molar-refractivity contribution >= 4 is 17.2 Å². The number of rotatable bonds is 4. The molecule has 0 spiro atoms. The number of ether oxygens (including phenoxy) is 1. The second-order valence-corrected chi connectivity index (χ2v) is 6.16. The summed E-state index contributed by atoms with van der Waals surface area (Å²) in [4.78, 5) is 0.846. The van der Waals surface area contributed by atoms with Crippen LogP contribution in [0.15, 0.2) is 54.6 Å². The van der Waals surface area contributed by atoms with Gasteiger partial charge in [0.25, 0.3) is 0 Å². The summed E-state index contributed by atoms with van der Waals surface area (Å²) >= 11 is 5.52. The van der Waals surface area contributed by atoms with Crippen LogP contribution in [0.3, 0.4) is 0 Å². The van der Waals surface area contributed by atoms with E-state index < -0.39 is 0 Å². The average molecular weight is 311 g/mol. The first-order valence-corrected chi connectivity index (χ1v) is 8.36. The molecule has 2 aromatic rings. The van der Waals surface area contributed by atoms with Crippen molar-refractivity contribution in [3.63, 3.8) is 0 Å². The van der Waals surface area contributed by atoms with Crippen molar-refractivity contribution in [3.05, 3.63) is 60.2 Å². The smallest absolute Gasteiger partial charge is 0.127 e. The Kier molecular flexibility index (Phi) is 5.07. The fourth-order valence-electron chi connectivity index (χ4n) is 2.81. The monoisotopic (exact) mass is 311 g/mol. The molecule has 0 saturated heterocycles. The van der Waals surface area contributed by atoms with Crippen molar-refractivity contribution in [1.29, 1.82) is 0 Å². The summed E-state index contributed by atoms with van der Waals surface area (Å²) in [5.74, 6) is 1.67. The molecular formula is C19H21NOS. The van der Waals surface area contributed by atoms with E-state index in [0.29, 0.717) is 6.04 Å². The van der Waals surface area contributed by atoms with E-state index in [1.165, 1.54) is 32.1 Å². The largest absolute Gasteiger partial charge is 0.457 e. The number of thiocarbonyl (C=S) groups is 1. The normalized spacial score (nSPS) is 15.3. The van der Waals surface area contributed by atoms with Gasteiger partial charge in [0.1, 0.15) is 16.5 Å². The molecule has 0 aliphatic heterocycles. The first-order valence-electron chi connectivity index (χ1n) is 7.95. The molecule has 0 radical (unpaired) electrons. The van der Waals surface area contributed by atoms with E-state index in [-0.39, 0.29) is 0 Å². The Bertz CT molecular complexity index is 603. The van der Waals surface area contributed by atoms with Gasteiger partial charge >= 0.3 is 0 Å². The number of hydrogen-bond acceptors (Lipinski definition) is 2. The van der Waals surface area contributed by atoms with Gasteiger partial charge in [-0.2, -0.15) is 0 Å². The van der Waals surface area contributed by atoms with Crippen LogP contribution < -0.4 is 10.1 Å². The fraction of sp³-hybridized carbons (Fsp3) is 0.316. The third-order valence-electron chi connectivity index (χ3n) is 4.04. The number of hydrogen-bond donors (Lipinski definition) is 1. The first-order chi connectivity index (χ1) is 10.8. The molecular weight excluding hydrogens is 290 g/mol. The van der Waals surface area contributed by atoms with Crippen LogP contribution in [0.4, 0.5) is 0 Å².